The number of hydrogen-bond acceptors (Lipinski definition) is 5. The van der Waals surface area contributed by atoms with Crippen molar-refractivity contribution in [3.8, 4) is 22.8 Å². The maximum atomic E-state index is 5.28. The number of anilines is 1. The molecule has 0 fully saturated rings. The van der Waals surface area contributed by atoms with Crippen LogP contribution >= 0.6 is 0 Å². The van der Waals surface area contributed by atoms with Crippen molar-refractivity contribution in [3.63, 3.8) is 0 Å². The smallest absolute Gasteiger partial charge is 0.170 e. The van der Waals surface area contributed by atoms with Gasteiger partial charge in [0.2, 0.25) is 0 Å². The van der Waals surface area contributed by atoms with Gasteiger partial charge in [-0.25, -0.2) is 15.0 Å². The average molecular weight is 407 g/mol. The quantitative estimate of drug-likeness (QED) is 0.424. The van der Waals surface area contributed by atoms with E-state index in [2.05, 4.69) is 22.4 Å². The summed E-state index contributed by atoms with van der Waals surface area (Å²) in [7, 11) is 1.65. The van der Waals surface area contributed by atoms with E-state index in [-0.39, 0.29) is 0 Å². The summed E-state index contributed by atoms with van der Waals surface area (Å²) < 4.78 is 7.27. The summed E-state index contributed by atoms with van der Waals surface area (Å²) in [4.78, 5) is 14.3. The van der Waals surface area contributed by atoms with Crippen LogP contribution in [0.15, 0.2) is 91.3 Å². The van der Waals surface area contributed by atoms with Crippen LogP contribution in [0.5, 0.6) is 5.75 Å². The lowest BCUT2D eigenvalue weighted by Crippen LogP contribution is -2.05. The average Bonchev–Trinajstić information content (AvgIpc) is 3.28. The van der Waals surface area contributed by atoms with Gasteiger partial charge < -0.3 is 10.1 Å². The van der Waals surface area contributed by atoms with Gasteiger partial charge in [0.15, 0.2) is 22.8 Å². The fourth-order valence-corrected chi connectivity index (χ4v) is 3.45. The number of para-hydroxylation sites is 1. The molecule has 3 aromatic carbocycles. The van der Waals surface area contributed by atoms with Gasteiger partial charge in [0.05, 0.1) is 7.11 Å². The summed E-state index contributed by atoms with van der Waals surface area (Å²) in [5.74, 6) is 2.12. The van der Waals surface area contributed by atoms with Gasteiger partial charge in [-0.15, -0.1) is 0 Å². The number of rotatable bonds is 6. The third-order valence-corrected chi connectivity index (χ3v) is 5.08. The van der Waals surface area contributed by atoms with Crippen LogP contribution in [0.1, 0.15) is 5.56 Å². The largest absolute Gasteiger partial charge is 0.497 e. The van der Waals surface area contributed by atoms with Crippen LogP contribution in [0.3, 0.4) is 0 Å². The molecule has 152 valence electrons. The molecule has 6 heteroatoms. The second kappa shape index (κ2) is 8.28. The Morgan fingerprint density at radius 3 is 2.26 bits per heavy atom. The molecule has 0 unspecified atom stereocenters. The number of benzene rings is 3. The normalized spacial score (nSPS) is 10.9. The summed E-state index contributed by atoms with van der Waals surface area (Å²) in [6.45, 7) is 0.646. The highest BCUT2D eigenvalue weighted by Gasteiger charge is 2.15. The first-order chi connectivity index (χ1) is 15.3. The summed E-state index contributed by atoms with van der Waals surface area (Å²) in [6.07, 6.45) is 1.79. The van der Waals surface area contributed by atoms with Crippen molar-refractivity contribution in [2.45, 2.75) is 6.54 Å². The minimum absolute atomic E-state index is 0.628. The topological polar surface area (TPSA) is 64.9 Å². The van der Waals surface area contributed by atoms with Crippen molar-refractivity contribution < 1.29 is 4.74 Å². The van der Waals surface area contributed by atoms with Crippen LogP contribution in [0.4, 0.5) is 5.82 Å². The number of aromatic nitrogens is 4. The predicted octanol–water partition coefficient (Wildman–Crippen LogP) is 5.10. The fraction of sp³-hybridized carbons (Fsp3) is 0.0800. The van der Waals surface area contributed by atoms with E-state index in [1.807, 2.05) is 77.4 Å². The van der Waals surface area contributed by atoms with Gasteiger partial charge >= 0.3 is 0 Å². The zero-order chi connectivity index (χ0) is 21.0. The summed E-state index contributed by atoms with van der Waals surface area (Å²) >= 11 is 0. The van der Waals surface area contributed by atoms with Crippen molar-refractivity contribution in [1.29, 1.82) is 0 Å². The van der Waals surface area contributed by atoms with Crippen LogP contribution in [-0.2, 0) is 6.54 Å². The molecule has 0 radical (unpaired) electrons. The summed E-state index contributed by atoms with van der Waals surface area (Å²) in [6, 6.07) is 28.0. The highest BCUT2D eigenvalue weighted by molar-refractivity contribution is 5.86. The van der Waals surface area contributed by atoms with Crippen LogP contribution in [0.25, 0.3) is 28.2 Å². The highest BCUT2D eigenvalue weighted by atomic mass is 16.5. The number of fused-ring (bicyclic) bond motifs is 1. The first kappa shape index (κ1) is 18.8. The van der Waals surface area contributed by atoms with Gasteiger partial charge in [-0.3, -0.25) is 4.57 Å². The zero-order valence-electron chi connectivity index (χ0n) is 17.1. The third-order valence-electron chi connectivity index (χ3n) is 5.08. The summed E-state index contributed by atoms with van der Waals surface area (Å²) in [5, 5.41) is 3.45. The molecule has 2 heterocycles. The number of nitrogens with one attached hydrogen (secondary N) is 1. The highest BCUT2D eigenvalue weighted by Crippen LogP contribution is 2.27. The first-order valence-electron chi connectivity index (χ1n) is 10.0. The van der Waals surface area contributed by atoms with Crippen molar-refractivity contribution in [3.05, 3.63) is 96.8 Å². The molecule has 0 amide bonds. The molecule has 0 saturated heterocycles. The van der Waals surface area contributed by atoms with Gasteiger partial charge in [0.1, 0.15) is 12.1 Å². The lowest BCUT2D eigenvalue weighted by atomic mass is 10.2. The van der Waals surface area contributed by atoms with E-state index < -0.39 is 0 Å². The second-order valence-electron chi connectivity index (χ2n) is 7.09. The summed E-state index contributed by atoms with van der Waals surface area (Å²) in [5.41, 5.74) is 4.56. The number of methoxy groups -OCH3 is 1. The van der Waals surface area contributed by atoms with Crippen LogP contribution in [0.2, 0.25) is 0 Å². The predicted molar refractivity (Wildman–Crippen MR) is 122 cm³/mol. The van der Waals surface area contributed by atoms with Crippen LogP contribution in [-0.4, -0.2) is 26.6 Å². The van der Waals surface area contributed by atoms with Crippen molar-refractivity contribution in [1.82, 2.24) is 19.5 Å². The van der Waals surface area contributed by atoms with E-state index in [0.29, 0.717) is 18.2 Å². The molecule has 0 saturated carbocycles. The maximum Gasteiger partial charge on any atom is 0.170 e. The molecule has 0 bridgehead atoms. The third kappa shape index (κ3) is 3.83. The lowest BCUT2D eigenvalue weighted by Gasteiger charge is -2.10. The number of ether oxygens (including phenoxy) is 1. The van der Waals surface area contributed by atoms with Crippen molar-refractivity contribution in [2.75, 3.05) is 12.4 Å². The Labute approximate surface area is 180 Å². The van der Waals surface area contributed by atoms with E-state index in [1.165, 1.54) is 5.56 Å². The molecule has 31 heavy (non-hydrogen) atoms. The van der Waals surface area contributed by atoms with E-state index in [4.69, 9.17) is 14.7 Å². The van der Waals surface area contributed by atoms with E-state index in [1.54, 1.807) is 13.4 Å². The van der Waals surface area contributed by atoms with Crippen LogP contribution < -0.4 is 10.1 Å². The molecular weight excluding hydrogens is 386 g/mol. The number of imidazole rings is 1. The molecule has 0 aliphatic heterocycles. The first-order valence-corrected chi connectivity index (χ1v) is 10.0. The van der Waals surface area contributed by atoms with Gasteiger partial charge in [0.25, 0.3) is 0 Å². The van der Waals surface area contributed by atoms with Crippen LogP contribution in [0, 0.1) is 0 Å². The molecule has 6 nitrogen and oxygen atoms in total. The molecule has 0 spiro atoms. The minimum Gasteiger partial charge on any atom is -0.497 e. The Balaban J connectivity index is 1.62. The fourth-order valence-electron chi connectivity index (χ4n) is 3.45. The molecule has 1 N–H and O–H groups in total. The molecular formula is C25H21N5O. The van der Waals surface area contributed by atoms with Gasteiger partial charge in [-0.05, 0) is 42.0 Å². The number of hydrogen-bond donors (Lipinski definition) is 1. The van der Waals surface area contributed by atoms with Gasteiger partial charge in [-0.2, -0.15) is 0 Å². The maximum absolute atomic E-state index is 5.28. The minimum atomic E-state index is 0.628. The molecule has 5 rings (SSSR count). The Morgan fingerprint density at radius 2 is 1.55 bits per heavy atom. The molecule has 5 aromatic rings. The van der Waals surface area contributed by atoms with E-state index in [0.717, 1.165) is 28.2 Å². The van der Waals surface area contributed by atoms with Gasteiger partial charge in [0, 0.05) is 17.8 Å². The zero-order valence-corrected chi connectivity index (χ0v) is 17.1. The molecule has 0 aliphatic rings. The molecule has 0 atom stereocenters. The monoisotopic (exact) mass is 407 g/mol. The Bertz CT molecular complexity index is 1300. The van der Waals surface area contributed by atoms with E-state index in [9.17, 15) is 0 Å². The number of nitrogens with zero attached hydrogens (tertiary/aromatic N) is 4. The van der Waals surface area contributed by atoms with Gasteiger partial charge in [-0.1, -0.05) is 48.5 Å². The molecule has 0 aliphatic carbocycles. The lowest BCUT2D eigenvalue weighted by molar-refractivity contribution is 0.415. The Kier molecular flexibility index (Phi) is 5.02. The second-order valence-corrected chi connectivity index (χ2v) is 7.09. The van der Waals surface area contributed by atoms with E-state index >= 15 is 0 Å². The Hall–Kier alpha value is -4.19. The Morgan fingerprint density at radius 1 is 0.839 bits per heavy atom. The van der Waals surface area contributed by atoms with Crippen molar-refractivity contribution >= 4 is 17.0 Å². The SMILES string of the molecule is COc1ccc(-c2nc(NCc3ccccc3)c3ncn(-c4ccccc4)c3n2)cc1. The standard InChI is InChI=1S/C25H21N5O/c1-31-21-14-12-19(13-15-21)23-28-24(26-16-18-8-4-2-5-9-18)22-25(29-23)30(17-27-22)20-10-6-3-7-11-20/h2-15,17H,16H2,1H3,(H,26,28,29). The molecule has 2 aromatic heterocycles. The van der Waals surface area contributed by atoms with Crippen molar-refractivity contribution in [2.24, 2.45) is 0 Å².